The third-order valence-electron chi connectivity index (χ3n) is 1.76. The van der Waals surface area contributed by atoms with Gasteiger partial charge in [-0.3, -0.25) is 0 Å². The van der Waals surface area contributed by atoms with Gasteiger partial charge in [0, 0.05) is 0 Å². The van der Waals surface area contributed by atoms with Crippen LogP contribution in [0.2, 0.25) is 0 Å². The molecule has 0 amide bonds. The van der Waals surface area contributed by atoms with E-state index in [0.29, 0.717) is 6.42 Å². The summed E-state index contributed by atoms with van der Waals surface area (Å²) < 4.78 is 5.12. The second kappa shape index (κ2) is 6.68. The molecule has 0 heterocycles. The number of methoxy groups -OCH3 is 1. The summed E-state index contributed by atoms with van der Waals surface area (Å²) in [5, 5.41) is -0.476. The van der Waals surface area contributed by atoms with E-state index in [9.17, 15) is 4.79 Å². The Bertz CT molecular complexity index is 289. The second-order valence-corrected chi connectivity index (χ2v) is 3.23. The minimum atomic E-state index is -0.476. The van der Waals surface area contributed by atoms with Gasteiger partial charge in [-0.15, -0.1) is 24.0 Å². The molecule has 0 saturated heterocycles. The zero-order chi connectivity index (χ0) is 9.68. The van der Waals surface area contributed by atoms with Gasteiger partial charge in [0.2, 0.25) is 0 Å². The minimum Gasteiger partial charge on any atom is -0.496 e. The van der Waals surface area contributed by atoms with Gasteiger partial charge in [-0.05, 0) is 18.1 Å². The van der Waals surface area contributed by atoms with Crippen molar-refractivity contribution in [2.75, 3.05) is 7.11 Å². The molecule has 0 aromatic heterocycles. The van der Waals surface area contributed by atoms with Gasteiger partial charge in [0.1, 0.15) is 12.0 Å². The van der Waals surface area contributed by atoms with Crippen LogP contribution in [-0.2, 0) is 11.2 Å². The van der Waals surface area contributed by atoms with Crippen LogP contribution in [0.5, 0.6) is 5.75 Å². The summed E-state index contributed by atoms with van der Waals surface area (Å²) in [5.41, 5.74) is 0.956. The van der Waals surface area contributed by atoms with E-state index in [2.05, 4.69) is 0 Å². The van der Waals surface area contributed by atoms with E-state index >= 15 is 0 Å². The SMILES string of the molecule is COc1ccccc1CC(Cl)C=O.Cl. The lowest BCUT2D eigenvalue weighted by Crippen LogP contribution is -2.05. The summed E-state index contributed by atoms with van der Waals surface area (Å²) in [6.07, 6.45) is 1.24. The molecule has 1 aromatic rings. The Morgan fingerprint density at radius 1 is 1.50 bits per heavy atom. The quantitative estimate of drug-likeness (QED) is 0.591. The topological polar surface area (TPSA) is 26.3 Å². The van der Waals surface area contributed by atoms with Crippen LogP contribution in [0.15, 0.2) is 24.3 Å². The summed E-state index contributed by atoms with van der Waals surface area (Å²) >= 11 is 5.71. The predicted octanol–water partition coefficient (Wildman–Crippen LogP) is 2.47. The maximum atomic E-state index is 10.3. The molecule has 0 aliphatic rings. The standard InChI is InChI=1S/C10H11ClO2.ClH/c1-13-10-5-3-2-4-8(10)6-9(11)7-12;/h2-5,7,9H,6H2,1H3;1H. The summed E-state index contributed by atoms with van der Waals surface area (Å²) in [6, 6.07) is 7.53. The Labute approximate surface area is 94.6 Å². The molecule has 1 rings (SSSR count). The number of halogens is 2. The third-order valence-corrected chi connectivity index (χ3v) is 2.01. The molecule has 0 bridgehead atoms. The number of carbonyl (C=O) groups is 1. The Balaban J connectivity index is 0.00000169. The van der Waals surface area contributed by atoms with Crippen molar-refractivity contribution >= 4 is 30.3 Å². The number of ether oxygens (including phenoxy) is 1. The third kappa shape index (κ3) is 3.56. The Morgan fingerprint density at radius 3 is 2.71 bits per heavy atom. The van der Waals surface area contributed by atoms with Gasteiger partial charge >= 0.3 is 0 Å². The summed E-state index contributed by atoms with van der Waals surface area (Å²) in [6.45, 7) is 0. The maximum Gasteiger partial charge on any atom is 0.138 e. The number of aldehydes is 1. The van der Waals surface area contributed by atoms with E-state index in [1.807, 2.05) is 24.3 Å². The van der Waals surface area contributed by atoms with Gasteiger partial charge in [0.25, 0.3) is 0 Å². The first-order valence-corrected chi connectivity index (χ1v) is 4.43. The van der Waals surface area contributed by atoms with Crippen molar-refractivity contribution in [3.8, 4) is 5.75 Å². The number of para-hydroxylation sites is 1. The molecule has 0 radical (unpaired) electrons. The summed E-state index contributed by atoms with van der Waals surface area (Å²) in [5.74, 6) is 0.773. The van der Waals surface area contributed by atoms with Crippen molar-refractivity contribution in [3.05, 3.63) is 29.8 Å². The van der Waals surface area contributed by atoms with E-state index < -0.39 is 5.38 Å². The van der Waals surface area contributed by atoms with Crippen molar-refractivity contribution < 1.29 is 9.53 Å². The van der Waals surface area contributed by atoms with Crippen molar-refractivity contribution in [1.82, 2.24) is 0 Å². The lowest BCUT2D eigenvalue weighted by Gasteiger charge is -2.07. The fraction of sp³-hybridized carbons (Fsp3) is 0.300. The van der Waals surface area contributed by atoms with Crippen LogP contribution in [0, 0.1) is 0 Å². The summed E-state index contributed by atoms with van der Waals surface area (Å²) in [7, 11) is 1.60. The Morgan fingerprint density at radius 2 is 2.14 bits per heavy atom. The van der Waals surface area contributed by atoms with Crippen LogP contribution in [0.25, 0.3) is 0 Å². The molecular weight excluding hydrogens is 223 g/mol. The first kappa shape index (κ1) is 13.3. The molecule has 0 spiro atoms. The van der Waals surface area contributed by atoms with E-state index in [1.54, 1.807) is 7.11 Å². The Hall–Kier alpha value is -0.730. The van der Waals surface area contributed by atoms with E-state index in [0.717, 1.165) is 17.6 Å². The molecule has 0 aliphatic heterocycles. The lowest BCUT2D eigenvalue weighted by atomic mass is 10.1. The van der Waals surface area contributed by atoms with Gasteiger partial charge in [-0.1, -0.05) is 18.2 Å². The van der Waals surface area contributed by atoms with Gasteiger partial charge in [-0.2, -0.15) is 0 Å². The maximum absolute atomic E-state index is 10.3. The van der Waals surface area contributed by atoms with Crippen molar-refractivity contribution in [1.29, 1.82) is 0 Å². The zero-order valence-electron chi connectivity index (χ0n) is 7.77. The fourth-order valence-electron chi connectivity index (χ4n) is 1.13. The van der Waals surface area contributed by atoms with E-state index in [4.69, 9.17) is 16.3 Å². The second-order valence-electron chi connectivity index (χ2n) is 2.67. The van der Waals surface area contributed by atoms with Crippen molar-refractivity contribution in [3.63, 3.8) is 0 Å². The number of carbonyl (C=O) groups excluding carboxylic acids is 1. The number of benzene rings is 1. The van der Waals surface area contributed by atoms with E-state index in [1.165, 1.54) is 0 Å². The number of hydrogen-bond acceptors (Lipinski definition) is 2. The molecule has 0 fully saturated rings. The fourth-order valence-corrected chi connectivity index (χ4v) is 1.30. The van der Waals surface area contributed by atoms with Gasteiger partial charge in [-0.25, -0.2) is 0 Å². The van der Waals surface area contributed by atoms with E-state index in [-0.39, 0.29) is 12.4 Å². The highest BCUT2D eigenvalue weighted by Gasteiger charge is 2.07. The average Bonchev–Trinajstić information content (AvgIpc) is 2.18. The molecule has 0 saturated carbocycles. The van der Waals surface area contributed by atoms with Crippen LogP contribution in [0.3, 0.4) is 0 Å². The first-order chi connectivity index (χ1) is 6.27. The van der Waals surface area contributed by atoms with Gasteiger partial charge in [0.15, 0.2) is 0 Å². The molecule has 0 aliphatic carbocycles. The molecule has 78 valence electrons. The molecule has 1 aromatic carbocycles. The lowest BCUT2D eigenvalue weighted by molar-refractivity contribution is -0.107. The molecule has 14 heavy (non-hydrogen) atoms. The van der Waals surface area contributed by atoms with Crippen LogP contribution in [-0.4, -0.2) is 18.8 Å². The zero-order valence-corrected chi connectivity index (χ0v) is 9.35. The molecule has 2 nitrogen and oxygen atoms in total. The van der Waals surface area contributed by atoms with Gasteiger partial charge < -0.3 is 9.53 Å². The molecule has 0 N–H and O–H groups in total. The molecule has 1 unspecified atom stereocenters. The number of alkyl halides is 1. The van der Waals surface area contributed by atoms with Crippen LogP contribution in [0.4, 0.5) is 0 Å². The predicted molar refractivity (Wildman–Crippen MR) is 59.7 cm³/mol. The number of hydrogen-bond donors (Lipinski definition) is 0. The largest absolute Gasteiger partial charge is 0.496 e. The van der Waals surface area contributed by atoms with Crippen molar-refractivity contribution in [2.45, 2.75) is 11.8 Å². The molecule has 4 heteroatoms. The molecular formula is C10H12Cl2O2. The van der Waals surface area contributed by atoms with Crippen LogP contribution in [0.1, 0.15) is 5.56 Å². The smallest absolute Gasteiger partial charge is 0.138 e. The first-order valence-electron chi connectivity index (χ1n) is 3.99. The molecule has 1 atom stereocenters. The highest BCUT2D eigenvalue weighted by atomic mass is 35.5. The van der Waals surface area contributed by atoms with Crippen LogP contribution >= 0.6 is 24.0 Å². The normalized spacial score (nSPS) is 11.3. The van der Waals surface area contributed by atoms with Crippen molar-refractivity contribution in [2.24, 2.45) is 0 Å². The monoisotopic (exact) mass is 234 g/mol. The average molecular weight is 235 g/mol. The minimum absolute atomic E-state index is 0. The number of rotatable bonds is 4. The van der Waals surface area contributed by atoms with Gasteiger partial charge in [0.05, 0.1) is 12.5 Å². The highest BCUT2D eigenvalue weighted by molar-refractivity contribution is 6.27. The van der Waals surface area contributed by atoms with Crippen LogP contribution < -0.4 is 4.74 Å². The Kier molecular flexibility index (Phi) is 6.34. The highest BCUT2D eigenvalue weighted by Crippen LogP contribution is 2.19. The summed E-state index contributed by atoms with van der Waals surface area (Å²) in [4.78, 5) is 10.3.